The van der Waals surface area contributed by atoms with Crippen LogP contribution in [0.25, 0.3) is 0 Å². The van der Waals surface area contributed by atoms with Crippen molar-refractivity contribution < 1.29 is 30.7 Å². The van der Waals surface area contributed by atoms with Gasteiger partial charge in [0.2, 0.25) is 10.0 Å². The molecule has 25 heavy (non-hydrogen) atoms. The molecule has 136 valence electrons. The number of allylic oxidation sites excluding steroid dienone is 4. The third-order valence-corrected chi connectivity index (χ3v) is 4.48. The second-order valence-corrected chi connectivity index (χ2v) is 7.17. The third-order valence-electron chi connectivity index (χ3n) is 3.41. The van der Waals surface area contributed by atoms with E-state index in [1.165, 1.54) is 0 Å². The van der Waals surface area contributed by atoms with E-state index in [0.29, 0.717) is 6.07 Å². The summed E-state index contributed by atoms with van der Waals surface area (Å²) in [7, 11) is -4.18. The van der Waals surface area contributed by atoms with Crippen molar-refractivity contribution in [1.29, 1.82) is 0 Å². The Kier molecular flexibility index (Phi) is 5.38. The van der Waals surface area contributed by atoms with Gasteiger partial charge in [0.05, 0.1) is 4.91 Å². The molecule has 4 nitrogen and oxygen atoms in total. The largest absolute Gasteiger partial charge is 0.457 e. The number of alkyl halides is 2. The highest BCUT2D eigenvalue weighted by atomic mass is 32.2. The van der Waals surface area contributed by atoms with Gasteiger partial charge in [-0.05, 0) is 24.1 Å². The zero-order chi connectivity index (χ0) is 18.8. The van der Waals surface area contributed by atoms with Crippen LogP contribution in [0.4, 0.5) is 17.6 Å². The minimum atomic E-state index is -4.18. The molecule has 0 radical (unpaired) electrons. The monoisotopic (exact) mass is 377 g/mol. The molecule has 0 aromatic heterocycles. The number of nitrogens with two attached hydrogens (primary N) is 1. The maximum absolute atomic E-state index is 14.0. The van der Waals surface area contributed by atoms with Gasteiger partial charge in [-0.15, -0.1) is 0 Å². The lowest BCUT2D eigenvalue weighted by Gasteiger charge is -2.18. The van der Waals surface area contributed by atoms with Crippen molar-refractivity contribution in [3.05, 3.63) is 64.8 Å². The summed E-state index contributed by atoms with van der Waals surface area (Å²) < 4.78 is 82.6. The first kappa shape index (κ1) is 19.2. The smallest absolute Gasteiger partial charge is 0.252 e. The van der Waals surface area contributed by atoms with E-state index in [4.69, 9.17) is 9.88 Å². The van der Waals surface area contributed by atoms with Crippen LogP contribution < -0.4 is 9.88 Å². The molecule has 0 fully saturated rings. The summed E-state index contributed by atoms with van der Waals surface area (Å²) in [6, 6.07) is 2.32. The van der Waals surface area contributed by atoms with Crippen LogP contribution in [-0.2, 0) is 10.0 Å². The van der Waals surface area contributed by atoms with Gasteiger partial charge < -0.3 is 4.74 Å². The Bertz CT molecular complexity index is 840. The van der Waals surface area contributed by atoms with Crippen molar-refractivity contribution in [3.8, 4) is 5.75 Å². The first-order valence-corrected chi connectivity index (χ1v) is 8.64. The Morgan fingerprint density at radius 1 is 1.12 bits per heavy atom. The van der Waals surface area contributed by atoms with Gasteiger partial charge in [0.1, 0.15) is 23.1 Å². The molecule has 0 bridgehead atoms. The zero-order valence-corrected chi connectivity index (χ0v) is 13.8. The average Bonchev–Trinajstić information content (AvgIpc) is 2.46. The van der Waals surface area contributed by atoms with Gasteiger partial charge in [-0.1, -0.05) is 6.58 Å². The summed E-state index contributed by atoms with van der Waals surface area (Å²) in [5.41, 5.74) is -0.151. The Morgan fingerprint density at radius 3 is 2.28 bits per heavy atom. The number of hydrogen-bond acceptors (Lipinski definition) is 3. The highest BCUT2D eigenvalue weighted by Crippen LogP contribution is 2.34. The Hall–Kier alpha value is -2.13. The molecule has 0 aliphatic heterocycles. The van der Waals surface area contributed by atoms with Gasteiger partial charge in [-0.25, -0.2) is 31.1 Å². The predicted octanol–water partition coefficient (Wildman–Crippen LogP) is 3.78. The topological polar surface area (TPSA) is 69.4 Å². The van der Waals surface area contributed by atoms with Crippen molar-refractivity contribution in [3.63, 3.8) is 0 Å². The van der Waals surface area contributed by atoms with E-state index in [-0.39, 0.29) is 17.1 Å². The lowest BCUT2D eigenvalue weighted by Crippen LogP contribution is -2.20. The van der Waals surface area contributed by atoms with Crippen molar-refractivity contribution in [2.24, 2.45) is 5.14 Å². The molecule has 1 aromatic rings. The van der Waals surface area contributed by atoms with Gasteiger partial charge in [0, 0.05) is 31.0 Å². The number of rotatable bonds is 3. The summed E-state index contributed by atoms with van der Waals surface area (Å²) >= 11 is 0. The van der Waals surface area contributed by atoms with Crippen LogP contribution in [0, 0.1) is 11.6 Å². The predicted molar refractivity (Wildman–Crippen MR) is 84.2 cm³/mol. The average molecular weight is 377 g/mol. The fourth-order valence-electron chi connectivity index (χ4n) is 2.22. The minimum Gasteiger partial charge on any atom is -0.457 e. The molecule has 0 saturated heterocycles. The molecule has 1 aromatic carbocycles. The number of primary sulfonamides is 1. The molecule has 1 aliphatic rings. The highest BCUT2D eigenvalue weighted by molar-refractivity contribution is 7.93. The van der Waals surface area contributed by atoms with Crippen LogP contribution in [0.5, 0.6) is 5.75 Å². The number of hydrogen-bond donors (Lipinski definition) is 1. The van der Waals surface area contributed by atoms with E-state index in [0.717, 1.165) is 24.3 Å². The normalized spacial score (nSPS) is 20.6. The van der Waals surface area contributed by atoms with E-state index in [1.807, 2.05) is 0 Å². The van der Waals surface area contributed by atoms with E-state index in [9.17, 15) is 26.0 Å². The first-order chi connectivity index (χ1) is 11.5. The number of ether oxygens (including phenoxy) is 1. The molecule has 0 atom stereocenters. The second-order valence-electron chi connectivity index (χ2n) is 5.55. The van der Waals surface area contributed by atoms with Crippen LogP contribution in [0.2, 0.25) is 0 Å². The maximum atomic E-state index is 14.0. The summed E-state index contributed by atoms with van der Waals surface area (Å²) in [5.74, 6) is -5.61. The van der Waals surface area contributed by atoms with Crippen LogP contribution in [0.15, 0.2) is 53.2 Å². The van der Waals surface area contributed by atoms with Crippen molar-refractivity contribution in [2.75, 3.05) is 0 Å². The second kappa shape index (κ2) is 7.01. The molecular weight excluding hydrogens is 362 g/mol. The summed E-state index contributed by atoms with van der Waals surface area (Å²) in [6.45, 7) is 3.49. The van der Waals surface area contributed by atoms with Crippen molar-refractivity contribution >= 4 is 10.0 Å². The molecule has 0 unspecified atom stereocenters. The van der Waals surface area contributed by atoms with E-state index in [2.05, 4.69) is 6.58 Å². The van der Waals surface area contributed by atoms with Gasteiger partial charge >= 0.3 is 0 Å². The molecule has 0 heterocycles. The molecular formula is C16H15F4NO3S. The molecule has 9 heteroatoms. The van der Waals surface area contributed by atoms with Crippen LogP contribution in [0.1, 0.15) is 19.3 Å². The van der Waals surface area contributed by atoms with E-state index >= 15 is 0 Å². The molecule has 2 rings (SSSR count). The summed E-state index contributed by atoms with van der Waals surface area (Å²) in [6.07, 6.45) is 0.100. The first-order valence-electron chi connectivity index (χ1n) is 7.10. The van der Waals surface area contributed by atoms with Crippen LogP contribution in [0.3, 0.4) is 0 Å². The maximum Gasteiger partial charge on any atom is 0.252 e. The fourth-order valence-corrected chi connectivity index (χ4v) is 2.87. The lowest BCUT2D eigenvalue weighted by atomic mass is 10.0. The molecule has 1 aliphatic carbocycles. The molecule has 0 saturated carbocycles. The summed E-state index contributed by atoms with van der Waals surface area (Å²) in [4.78, 5) is -0.409. The van der Waals surface area contributed by atoms with Gasteiger partial charge in [-0.3, -0.25) is 0 Å². The quantitative estimate of drug-likeness (QED) is 0.815. The number of benzene rings is 1. The standard InChI is InChI=1S/C16H15F4NO3S/c1-10-9-16(19,20)5-4-14(25(21,22)23)2-3-15(10)24-13-7-11(17)6-12(18)8-13/h2-3,6-8H,1,4-5,9H2,(H2,21,22,23)/b14-2+,15-3?. The number of sulfonamides is 1. The lowest BCUT2D eigenvalue weighted by molar-refractivity contribution is -0.00641. The van der Waals surface area contributed by atoms with Crippen molar-refractivity contribution in [1.82, 2.24) is 0 Å². The third kappa shape index (κ3) is 5.43. The minimum absolute atomic E-state index is 0.151. The van der Waals surface area contributed by atoms with Crippen molar-refractivity contribution in [2.45, 2.75) is 25.2 Å². The van der Waals surface area contributed by atoms with E-state index < -0.39 is 51.7 Å². The van der Waals surface area contributed by atoms with Gasteiger partial charge in [0.25, 0.3) is 5.92 Å². The van der Waals surface area contributed by atoms with Gasteiger partial charge in [-0.2, -0.15) is 0 Å². The zero-order valence-electron chi connectivity index (χ0n) is 12.9. The summed E-state index contributed by atoms with van der Waals surface area (Å²) in [5, 5.41) is 5.01. The van der Waals surface area contributed by atoms with Crippen LogP contribution >= 0.6 is 0 Å². The SMILES string of the molecule is C=C1CC(F)(F)CC/C(S(N)(=O)=O)=C\C=C1Oc1cc(F)cc(F)c1. The van der Waals surface area contributed by atoms with Gasteiger partial charge in [0.15, 0.2) is 0 Å². The fraction of sp³-hybridized carbons (Fsp3) is 0.250. The van der Waals surface area contributed by atoms with E-state index in [1.54, 1.807) is 0 Å². The Morgan fingerprint density at radius 2 is 1.72 bits per heavy atom. The molecule has 0 amide bonds. The molecule has 2 N–H and O–H groups in total. The molecule has 0 spiro atoms. The Labute approximate surface area is 142 Å². The van der Waals surface area contributed by atoms with Crippen LogP contribution in [-0.4, -0.2) is 14.3 Å². The Balaban J connectivity index is 2.45. The number of halogens is 4. The highest BCUT2D eigenvalue weighted by Gasteiger charge is 2.33.